The lowest BCUT2D eigenvalue weighted by Gasteiger charge is -2.19. The molecule has 2 heterocycles. The number of rotatable bonds is 3. The van der Waals surface area contributed by atoms with Gasteiger partial charge in [-0.05, 0) is 25.5 Å². The van der Waals surface area contributed by atoms with Crippen LogP contribution < -0.4 is 5.32 Å². The van der Waals surface area contributed by atoms with Crippen molar-refractivity contribution >= 4 is 11.0 Å². The van der Waals surface area contributed by atoms with Gasteiger partial charge in [-0.1, -0.05) is 18.2 Å². The number of fused-ring (bicyclic) bond motifs is 1. The summed E-state index contributed by atoms with van der Waals surface area (Å²) in [5.74, 6) is -2.84. The van der Waals surface area contributed by atoms with Gasteiger partial charge in [-0.15, -0.1) is 0 Å². The molecule has 1 saturated heterocycles. The van der Waals surface area contributed by atoms with Gasteiger partial charge in [0.1, 0.15) is 11.8 Å². The Morgan fingerprint density at radius 1 is 1.33 bits per heavy atom. The van der Waals surface area contributed by atoms with E-state index in [9.17, 15) is 8.78 Å². The van der Waals surface area contributed by atoms with E-state index in [1.54, 1.807) is 24.3 Å². The summed E-state index contributed by atoms with van der Waals surface area (Å²) < 4.78 is 33.7. The highest BCUT2D eigenvalue weighted by Crippen LogP contribution is 2.39. The highest BCUT2D eigenvalue weighted by atomic mass is 19.3. The number of hydrogen-bond acceptors (Lipinski definition) is 2. The molecule has 0 bridgehead atoms. The van der Waals surface area contributed by atoms with Crippen LogP contribution in [0.5, 0.6) is 0 Å². The molecule has 1 atom stereocenters. The Morgan fingerprint density at radius 2 is 2.17 bits per heavy atom. The van der Waals surface area contributed by atoms with Gasteiger partial charge < -0.3 is 9.73 Å². The molecule has 0 radical (unpaired) electrons. The molecular weight excluding hydrogens is 236 g/mol. The molecule has 1 aromatic heterocycles. The zero-order chi connectivity index (χ0) is 12.6. The highest BCUT2D eigenvalue weighted by molar-refractivity contribution is 5.81. The van der Waals surface area contributed by atoms with E-state index in [1.165, 1.54) is 6.26 Å². The van der Waals surface area contributed by atoms with Crippen molar-refractivity contribution in [3.05, 3.63) is 36.1 Å². The molecule has 2 nitrogen and oxygen atoms in total. The predicted octanol–water partition coefficient (Wildman–Crippen LogP) is 3.67. The summed E-state index contributed by atoms with van der Waals surface area (Å²) in [7, 11) is 0. The zero-order valence-electron chi connectivity index (χ0n) is 9.96. The summed E-state index contributed by atoms with van der Waals surface area (Å²) in [6.07, 6.45) is 2.84. The van der Waals surface area contributed by atoms with Crippen molar-refractivity contribution in [1.82, 2.24) is 5.32 Å². The van der Waals surface area contributed by atoms with Crippen molar-refractivity contribution in [2.75, 3.05) is 6.54 Å². The third-order valence-corrected chi connectivity index (χ3v) is 3.54. The lowest BCUT2D eigenvalue weighted by atomic mass is 9.99. The van der Waals surface area contributed by atoms with Crippen LogP contribution in [0.25, 0.3) is 11.0 Å². The predicted molar refractivity (Wildman–Crippen MR) is 65.7 cm³/mol. The Bertz CT molecular complexity index is 543. The van der Waals surface area contributed by atoms with E-state index in [0.29, 0.717) is 11.0 Å². The molecule has 3 rings (SSSR count). The number of furan rings is 1. The fourth-order valence-electron chi connectivity index (χ4n) is 2.61. The van der Waals surface area contributed by atoms with E-state index >= 15 is 0 Å². The number of hydrogen-bond donors (Lipinski definition) is 1. The minimum Gasteiger partial charge on any atom is -0.464 e. The lowest BCUT2D eigenvalue weighted by Crippen LogP contribution is -2.29. The molecule has 18 heavy (non-hydrogen) atoms. The summed E-state index contributed by atoms with van der Waals surface area (Å²) in [6.45, 7) is 0.840. The van der Waals surface area contributed by atoms with Crippen molar-refractivity contribution in [3.63, 3.8) is 0 Å². The second-order valence-corrected chi connectivity index (χ2v) is 4.85. The molecule has 0 saturated carbocycles. The fraction of sp³-hybridized carbons (Fsp3) is 0.429. The van der Waals surface area contributed by atoms with Crippen LogP contribution in [0.3, 0.4) is 0 Å². The minimum atomic E-state index is -2.84. The molecule has 0 spiro atoms. The average molecular weight is 251 g/mol. The normalized spacial score (nSPS) is 20.7. The molecule has 96 valence electrons. The third kappa shape index (κ3) is 2.01. The van der Waals surface area contributed by atoms with Gasteiger partial charge in [0.05, 0.1) is 5.56 Å². The molecule has 2 aromatic rings. The van der Waals surface area contributed by atoms with Crippen molar-refractivity contribution in [2.45, 2.75) is 31.2 Å². The first-order valence-electron chi connectivity index (χ1n) is 6.25. The quantitative estimate of drug-likeness (QED) is 0.900. The van der Waals surface area contributed by atoms with Crippen LogP contribution in [0, 0.1) is 0 Å². The van der Waals surface area contributed by atoms with Crippen molar-refractivity contribution in [3.8, 4) is 0 Å². The van der Waals surface area contributed by atoms with Crippen LogP contribution in [0.15, 0.2) is 34.9 Å². The first kappa shape index (κ1) is 11.7. The summed E-state index contributed by atoms with van der Waals surface area (Å²) in [6, 6.07) is 6.85. The van der Waals surface area contributed by atoms with Gasteiger partial charge in [0.25, 0.3) is 5.92 Å². The third-order valence-electron chi connectivity index (χ3n) is 3.54. The molecule has 1 aliphatic rings. The number of benzene rings is 1. The Kier molecular flexibility index (Phi) is 2.82. The van der Waals surface area contributed by atoms with Gasteiger partial charge in [0.15, 0.2) is 0 Å². The number of alkyl halides is 2. The molecule has 1 fully saturated rings. The molecule has 1 aromatic carbocycles. The molecule has 0 amide bonds. The smallest absolute Gasteiger partial charge is 0.278 e. The van der Waals surface area contributed by atoms with E-state index in [2.05, 4.69) is 5.32 Å². The molecule has 1 aliphatic heterocycles. The standard InChI is InChI=1S/C14H15F2NO/c15-14(16,8-10-4-3-7-17-10)12-9-18-13-6-2-1-5-11(12)13/h1-2,5-6,9-10,17H,3-4,7-8H2. The van der Waals surface area contributed by atoms with E-state index in [-0.39, 0.29) is 18.0 Å². The maximum absolute atomic E-state index is 14.3. The van der Waals surface area contributed by atoms with Gasteiger partial charge in [-0.25, -0.2) is 8.78 Å². The molecule has 1 N–H and O–H groups in total. The van der Waals surface area contributed by atoms with Gasteiger partial charge in [0, 0.05) is 17.8 Å². The SMILES string of the molecule is FC(F)(CC1CCCN1)c1coc2ccccc12. The van der Waals surface area contributed by atoms with E-state index in [0.717, 1.165) is 19.4 Å². The molecule has 4 heteroatoms. The van der Waals surface area contributed by atoms with Crippen molar-refractivity contribution in [1.29, 1.82) is 0 Å². The maximum Gasteiger partial charge on any atom is 0.278 e. The lowest BCUT2D eigenvalue weighted by molar-refractivity contribution is -0.0205. The molecule has 0 aliphatic carbocycles. The maximum atomic E-state index is 14.3. The summed E-state index contributed by atoms with van der Waals surface area (Å²) in [5.41, 5.74) is 0.526. The first-order valence-corrected chi connectivity index (χ1v) is 6.25. The second-order valence-electron chi connectivity index (χ2n) is 4.85. The Hall–Kier alpha value is -1.42. The number of para-hydroxylation sites is 1. The average Bonchev–Trinajstić information content (AvgIpc) is 2.96. The number of nitrogens with one attached hydrogen (secondary N) is 1. The largest absolute Gasteiger partial charge is 0.464 e. The van der Waals surface area contributed by atoms with Gasteiger partial charge in [0.2, 0.25) is 0 Å². The molecular formula is C14H15F2NO. The van der Waals surface area contributed by atoms with Gasteiger partial charge in [-0.2, -0.15) is 0 Å². The summed E-state index contributed by atoms with van der Waals surface area (Å²) >= 11 is 0. The summed E-state index contributed by atoms with van der Waals surface area (Å²) in [5, 5.41) is 3.63. The Labute approximate surface area is 104 Å². The fourth-order valence-corrected chi connectivity index (χ4v) is 2.61. The van der Waals surface area contributed by atoms with Gasteiger partial charge in [-0.3, -0.25) is 0 Å². The topological polar surface area (TPSA) is 25.2 Å². The van der Waals surface area contributed by atoms with E-state index < -0.39 is 5.92 Å². The van der Waals surface area contributed by atoms with Crippen LogP contribution >= 0.6 is 0 Å². The zero-order valence-corrected chi connectivity index (χ0v) is 9.96. The van der Waals surface area contributed by atoms with Crippen molar-refractivity contribution in [2.24, 2.45) is 0 Å². The monoisotopic (exact) mass is 251 g/mol. The van der Waals surface area contributed by atoms with Crippen LogP contribution in [0.1, 0.15) is 24.8 Å². The Balaban J connectivity index is 1.91. The minimum absolute atomic E-state index is 0.00630. The second kappa shape index (κ2) is 4.35. The number of halogens is 2. The molecule has 1 unspecified atom stereocenters. The van der Waals surface area contributed by atoms with Crippen LogP contribution in [0.2, 0.25) is 0 Å². The highest BCUT2D eigenvalue weighted by Gasteiger charge is 2.38. The van der Waals surface area contributed by atoms with E-state index in [1.807, 2.05) is 0 Å². The van der Waals surface area contributed by atoms with Crippen LogP contribution in [-0.4, -0.2) is 12.6 Å². The first-order chi connectivity index (χ1) is 8.67. The Morgan fingerprint density at radius 3 is 2.94 bits per heavy atom. The van der Waals surface area contributed by atoms with Crippen LogP contribution in [-0.2, 0) is 5.92 Å². The summed E-state index contributed by atoms with van der Waals surface area (Å²) in [4.78, 5) is 0. The van der Waals surface area contributed by atoms with Gasteiger partial charge >= 0.3 is 0 Å². The van der Waals surface area contributed by atoms with Crippen molar-refractivity contribution < 1.29 is 13.2 Å². The van der Waals surface area contributed by atoms with E-state index in [4.69, 9.17) is 4.42 Å². The van der Waals surface area contributed by atoms with Crippen LogP contribution in [0.4, 0.5) is 8.78 Å².